The van der Waals surface area contributed by atoms with Gasteiger partial charge in [0.1, 0.15) is 0 Å². The molecule has 3 amide bonds. The Hall–Kier alpha value is -3.33. The molecule has 126 valence electrons. The molecule has 0 radical (unpaired) electrons. The summed E-state index contributed by atoms with van der Waals surface area (Å²) in [5.41, 5.74) is 2.07. The molecule has 2 aromatic carbocycles. The van der Waals surface area contributed by atoms with Crippen molar-refractivity contribution >= 4 is 17.6 Å². The molecule has 0 aromatic heterocycles. The quantitative estimate of drug-likeness (QED) is 0.885. The highest BCUT2D eigenvalue weighted by molar-refractivity contribution is 5.90. The summed E-state index contributed by atoms with van der Waals surface area (Å²) in [6, 6.07) is 17.7. The van der Waals surface area contributed by atoms with Crippen LogP contribution in [0.5, 0.6) is 0 Å². The molecule has 1 saturated heterocycles. The summed E-state index contributed by atoms with van der Waals surface area (Å²) in [5.74, 6) is -0.0671. The number of carbonyl (C=O) groups excluding carboxylic acids is 2. The maximum absolute atomic E-state index is 12.8. The monoisotopic (exact) mass is 334 g/mol. The first-order valence-electron chi connectivity index (χ1n) is 8.07. The zero-order valence-corrected chi connectivity index (χ0v) is 13.6. The van der Waals surface area contributed by atoms with Gasteiger partial charge in [-0.05, 0) is 29.8 Å². The van der Waals surface area contributed by atoms with Crippen LogP contribution in [0.3, 0.4) is 0 Å². The van der Waals surface area contributed by atoms with Crippen molar-refractivity contribution in [3.63, 3.8) is 0 Å². The molecule has 0 unspecified atom stereocenters. The maximum atomic E-state index is 12.8. The van der Waals surface area contributed by atoms with E-state index >= 15 is 0 Å². The number of hydrogen-bond donors (Lipinski definition) is 2. The predicted molar refractivity (Wildman–Crippen MR) is 93.7 cm³/mol. The molecule has 2 aromatic rings. The Morgan fingerprint density at radius 3 is 2.56 bits per heavy atom. The Labute approximate surface area is 146 Å². The SMILES string of the molecule is N#Cc1ccc(NC(=O)N2CCNC(=O)C[C@@H]2c2ccccc2)cc1. The molecule has 1 fully saturated rings. The molecule has 3 rings (SSSR count). The van der Waals surface area contributed by atoms with E-state index < -0.39 is 0 Å². The van der Waals surface area contributed by atoms with Crippen molar-refractivity contribution in [3.8, 4) is 6.07 Å². The number of nitrogens with one attached hydrogen (secondary N) is 2. The van der Waals surface area contributed by atoms with E-state index in [1.54, 1.807) is 29.2 Å². The number of amides is 3. The van der Waals surface area contributed by atoms with Crippen LogP contribution < -0.4 is 10.6 Å². The van der Waals surface area contributed by atoms with Crippen molar-refractivity contribution in [1.29, 1.82) is 5.26 Å². The minimum Gasteiger partial charge on any atom is -0.354 e. The van der Waals surface area contributed by atoms with Crippen LogP contribution in [0.25, 0.3) is 0 Å². The predicted octanol–water partition coefficient (Wildman–Crippen LogP) is 2.65. The van der Waals surface area contributed by atoms with Gasteiger partial charge in [-0.15, -0.1) is 0 Å². The van der Waals surface area contributed by atoms with Gasteiger partial charge in [0.2, 0.25) is 5.91 Å². The van der Waals surface area contributed by atoms with E-state index in [0.29, 0.717) is 24.3 Å². The van der Waals surface area contributed by atoms with Crippen LogP contribution in [0.15, 0.2) is 54.6 Å². The summed E-state index contributed by atoms with van der Waals surface area (Å²) in [4.78, 5) is 26.4. The fourth-order valence-electron chi connectivity index (χ4n) is 2.87. The minimum absolute atomic E-state index is 0.0671. The van der Waals surface area contributed by atoms with E-state index in [2.05, 4.69) is 10.6 Å². The van der Waals surface area contributed by atoms with Gasteiger partial charge >= 0.3 is 6.03 Å². The Bertz CT molecular complexity index is 796. The van der Waals surface area contributed by atoms with E-state index in [9.17, 15) is 9.59 Å². The number of hydrogen-bond acceptors (Lipinski definition) is 3. The third kappa shape index (κ3) is 3.96. The standard InChI is InChI=1S/C19H18N4O2/c20-13-14-6-8-16(9-7-14)22-19(25)23-11-10-21-18(24)12-17(23)15-4-2-1-3-5-15/h1-9,17H,10-12H2,(H,21,24)(H,22,25)/t17-/m1/s1. The van der Waals surface area contributed by atoms with Crippen LogP contribution in [0.1, 0.15) is 23.6 Å². The zero-order valence-electron chi connectivity index (χ0n) is 13.6. The molecule has 1 atom stereocenters. The first-order chi connectivity index (χ1) is 12.2. The third-order valence-electron chi connectivity index (χ3n) is 4.14. The second kappa shape index (κ2) is 7.49. The first kappa shape index (κ1) is 16.5. The summed E-state index contributed by atoms with van der Waals surface area (Å²) >= 11 is 0. The Morgan fingerprint density at radius 2 is 1.88 bits per heavy atom. The lowest BCUT2D eigenvalue weighted by molar-refractivity contribution is -0.121. The Kier molecular flexibility index (Phi) is 4.95. The van der Waals surface area contributed by atoms with Gasteiger partial charge in [0.25, 0.3) is 0 Å². The van der Waals surface area contributed by atoms with Gasteiger partial charge in [-0.25, -0.2) is 4.79 Å². The third-order valence-corrected chi connectivity index (χ3v) is 4.14. The molecule has 0 spiro atoms. The second-order valence-electron chi connectivity index (χ2n) is 5.79. The van der Waals surface area contributed by atoms with Crippen LogP contribution in [0.4, 0.5) is 10.5 Å². The summed E-state index contributed by atoms with van der Waals surface area (Å²) in [6.07, 6.45) is 0.227. The fraction of sp³-hybridized carbons (Fsp3) is 0.211. The normalized spacial score (nSPS) is 17.2. The number of anilines is 1. The van der Waals surface area contributed by atoms with E-state index in [1.807, 2.05) is 36.4 Å². The average Bonchev–Trinajstić information content (AvgIpc) is 2.84. The summed E-state index contributed by atoms with van der Waals surface area (Å²) in [6.45, 7) is 0.844. The summed E-state index contributed by atoms with van der Waals surface area (Å²) in [7, 11) is 0. The number of urea groups is 1. The van der Waals surface area contributed by atoms with Crippen molar-refractivity contribution in [2.24, 2.45) is 0 Å². The molecule has 1 aliphatic rings. The Balaban J connectivity index is 1.81. The highest BCUT2D eigenvalue weighted by atomic mass is 16.2. The molecule has 6 heteroatoms. The number of nitriles is 1. The van der Waals surface area contributed by atoms with Crippen molar-refractivity contribution in [1.82, 2.24) is 10.2 Å². The van der Waals surface area contributed by atoms with Crippen LogP contribution in [0, 0.1) is 11.3 Å². The van der Waals surface area contributed by atoms with Gasteiger partial charge < -0.3 is 15.5 Å². The van der Waals surface area contributed by atoms with Crippen LogP contribution in [-0.2, 0) is 4.79 Å². The highest BCUT2D eigenvalue weighted by Crippen LogP contribution is 2.26. The molecular formula is C19H18N4O2. The fourth-order valence-corrected chi connectivity index (χ4v) is 2.87. The lowest BCUT2D eigenvalue weighted by Crippen LogP contribution is -2.39. The lowest BCUT2D eigenvalue weighted by Gasteiger charge is -2.29. The molecule has 25 heavy (non-hydrogen) atoms. The van der Waals surface area contributed by atoms with Crippen molar-refractivity contribution < 1.29 is 9.59 Å². The van der Waals surface area contributed by atoms with Gasteiger partial charge in [0.05, 0.1) is 24.1 Å². The molecule has 1 heterocycles. The van der Waals surface area contributed by atoms with E-state index in [1.165, 1.54) is 0 Å². The van der Waals surface area contributed by atoms with Crippen molar-refractivity contribution in [2.75, 3.05) is 18.4 Å². The van der Waals surface area contributed by atoms with E-state index in [0.717, 1.165) is 5.56 Å². The number of rotatable bonds is 2. The van der Waals surface area contributed by atoms with Gasteiger partial charge in [0.15, 0.2) is 0 Å². The van der Waals surface area contributed by atoms with Crippen molar-refractivity contribution in [2.45, 2.75) is 12.5 Å². The molecule has 0 saturated carbocycles. The molecular weight excluding hydrogens is 316 g/mol. The van der Waals surface area contributed by atoms with Gasteiger partial charge in [0, 0.05) is 18.8 Å². The number of nitrogens with zero attached hydrogens (tertiary/aromatic N) is 2. The van der Waals surface area contributed by atoms with Crippen LogP contribution in [-0.4, -0.2) is 29.9 Å². The highest BCUT2D eigenvalue weighted by Gasteiger charge is 2.29. The van der Waals surface area contributed by atoms with E-state index in [4.69, 9.17) is 5.26 Å². The van der Waals surface area contributed by atoms with Gasteiger partial charge in [-0.2, -0.15) is 5.26 Å². The lowest BCUT2D eigenvalue weighted by atomic mass is 10.0. The largest absolute Gasteiger partial charge is 0.354 e. The topological polar surface area (TPSA) is 85.2 Å². The molecule has 2 N–H and O–H groups in total. The van der Waals surface area contributed by atoms with Gasteiger partial charge in [-0.1, -0.05) is 30.3 Å². The second-order valence-corrected chi connectivity index (χ2v) is 5.79. The minimum atomic E-state index is -0.318. The van der Waals surface area contributed by atoms with Crippen LogP contribution >= 0.6 is 0 Å². The first-order valence-corrected chi connectivity index (χ1v) is 8.07. The van der Waals surface area contributed by atoms with Crippen molar-refractivity contribution in [3.05, 3.63) is 65.7 Å². The van der Waals surface area contributed by atoms with Gasteiger partial charge in [-0.3, -0.25) is 4.79 Å². The van der Waals surface area contributed by atoms with Crippen LogP contribution in [0.2, 0.25) is 0 Å². The molecule has 0 aliphatic carbocycles. The molecule has 6 nitrogen and oxygen atoms in total. The maximum Gasteiger partial charge on any atom is 0.322 e. The van der Waals surface area contributed by atoms with E-state index in [-0.39, 0.29) is 24.4 Å². The number of carbonyl (C=O) groups is 2. The summed E-state index contributed by atoms with van der Waals surface area (Å²) < 4.78 is 0. The zero-order chi connectivity index (χ0) is 17.6. The molecule has 1 aliphatic heterocycles. The smallest absolute Gasteiger partial charge is 0.322 e. The molecule has 0 bridgehead atoms. The Morgan fingerprint density at radius 1 is 1.16 bits per heavy atom. The number of benzene rings is 2. The average molecular weight is 334 g/mol. The summed E-state index contributed by atoms with van der Waals surface area (Å²) in [5, 5.41) is 14.5.